The van der Waals surface area contributed by atoms with E-state index in [-0.39, 0.29) is 17.7 Å². The molecule has 0 radical (unpaired) electrons. The molecule has 3 aromatic rings. The first-order valence-electron chi connectivity index (χ1n) is 8.03. The van der Waals surface area contributed by atoms with Crippen LogP contribution in [0.1, 0.15) is 17.3 Å². The van der Waals surface area contributed by atoms with E-state index < -0.39 is 0 Å². The number of nitrogens with zero attached hydrogens (tertiary/aromatic N) is 2. The first-order chi connectivity index (χ1) is 12.6. The van der Waals surface area contributed by atoms with Gasteiger partial charge in [0.2, 0.25) is 5.95 Å². The van der Waals surface area contributed by atoms with E-state index in [2.05, 4.69) is 20.6 Å². The van der Waals surface area contributed by atoms with E-state index in [4.69, 9.17) is 4.74 Å². The number of aromatic nitrogens is 2. The summed E-state index contributed by atoms with van der Waals surface area (Å²) in [4.78, 5) is 20.4. The van der Waals surface area contributed by atoms with Crippen LogP contribution in [0.3, 0.4) is 0 Å². The summed E-state index contributed by atoms with van der Waals surface area (Å²) >= 11 is 0. The van der Waals surface area contributed by atoms with Crippen molar-refractivity contribution in [3.8, 4) is 5.75 Å². The lowest BCUT2D eigenvalue weighted by molar-refractivity contribution is 0.102. The van der Waals surface area contributed by atoms with Crippen molar-refractivity contribution in [1.82, 2.24) is 9.97 Å². The average Bonchev–Trinajstić information content (AvgIpc) is 2.64. The molecule has 0 spiro atoms. The van der Waals surface area contributed by atoms with Crippen LogP contribution in [-0.2, 0) is 0 Å². The Labute approximate surface area is 150 Å². The lowest BCUT2D eigenvalue weighted by atomic mass is 10.2. The van der Waals surface area contributed by atoms with Crippen molar-refractivity contribution >= 4 is 23.2 Å². The second kappa shape index (κ2) is 8.06. The molecule has 7 heteroatoms. The van der Waals surface area contributed by atoms with Crippen LogP contribution in [0.4, 0.5) is 21.7 Å². The molecule has 0 aliphatic heterocycles. The molecular formula is C19H17FN4O2. The summed E-state index contributed by atoms with van der Waals surface area (Å²) in [5.41, 5.74) is 1.47. The molecule has 1 aromatic heterocycles. The number of hydrogen-bond acceptors (Lipinski definition) is 5. The highest BCUT2D eigenvalue weighted by Crippen LogP contribution is 2.17. The first-order valence-corrected chi connectivity index (χ1v) is 8.03. The van der Waals surface area contributed by atoms with Crippen molar-refractivity contribution < 1.29 is 13.9 Å². The Morgan fingerprint density at radius 3 is 2.46 bits per heavy atom. The number of carbonyl (C=O) groups excluding carboxylic acids is 1. The smallest absolute Gasteiger partial charge is 0.258 e. The zero-order chi connectivity index (χ0) is 18.4. The summed E-state index contributed by atoms with van der Waals surface area (Å²) in [6.45, 7) is 2.49. The van der Waals surface area contributed by atoms with E-state index in [9.17, 15) is 9.18 Å². The Morgan fingerprint density at radius 2 is 1.81 bits per heavy atom. The Morgan fingerprint density at radius 1 is 1.08 bits per heavy atom. The number of carbonyl (C=O) groups is 1. The maximum atomic E-state index is 13.2. The Hall–Kier alpha value is -3.48. The second-order valence-electron chi connectivity index (χ2n) is 5.34. The molecule has 0 aliphatic carbocycles. The number of hydrogen-bond donors (Lipinski definition) is 2. The van der Waals surface area contributed by atoms with E-state index in [1.807, 2.05) is 6.92 Å². The molecule has 0 bridgehead atoms. The van der Waals surface area contributed by atoms with Crippen LogP contribution in [0.5, 0.6) is 5.75 Å². The highest BCUT2D eigenvalue weighted by atomic mass is 19.1. The number of ether oxygens (including phenoxy) is 1. The second-order valence-corrected chi connectivity index (χ2v) is 5.34. The molecule has 26 heavy (non-hydrogen) atoms. The Balaban J connectivity index is 1.63. The van der Waals surface area contributed by atoms with Gasteiger partial charge in [0.25, 0.3) is 5.91 Å². The van der Waals surface area contributed by atoms with Crippen LogP contribution in [0.15, 0.2) is 60.9 Å². The molecular weight excluding hydrogens is 335 g/mol. The highest BCUT2D eigenvalue weighted by Gasteiger charge is 2.08. The third-order valence-electron chi connectivity index (χ3n) is 3.42. The van der Waals surface area contributed by atoms with Crippen molar-refractivity contribution in [3.05, 3.63) is 72.3 Å². The molecule has 0 unspecified atom stereocenters. The normalized spacial score (nSPS) is 10.2. The van der Waals surface area contributed by atoms with Crippen LogP contribution >= 0.6 is 0 Å². The molecule has 0 aliphatic rings. The van der Waals surface area contributed by atoms with Crippen molar-refractivity contribution in [2.75, 3.05) is 17.2 Å². The molecule has 3 rings (SSSR count). The van der Waals surface area contributed by atoms with Crippen molar-refractivity contribution in [3.63, 3.8) is 0 Å². The highest BCUT2D eigenvalue weighted by molar-refractivity contribution is 6.03. The predicted molar refractivity (Wildman–Crippen MR) is 97.3 cm³/mol. The molecule has 1 heterocycles. The molecule has 2 N–H and O–H groups in total. The molecule has 0 atom stereocenters. The summed E-state index contributed by atoms with van der Waals surface area (Å²) in [5.74, 6) is 0.322. The zero-order valence-electron chi connectivity index (χ0n) is 14.1. The monoisotopic (exact) mass is 352 g/mol. The van der Waals surface area contributed by atoms with E-state index in [1.54, 1.807) is 36.4 Å². The number of nitrogens with one attached hydrogen (secondary N) is 2. The van der Waals surface area contributed by atoms with Crippen molar-refractivity contribution in [1.29, 1.82) is 0 Å². The van der Waals surface area contributed by atoms with Gasteiger partial charge in [-0.15, -0.1) is 0 Å². The van der Waals surface area contributed by atoms with Gasteiger partial charge in [-0.1, -0.05) is 6.07 Å². The van der Waals surface area contributed by atoms with Gasteiger partial charge in [0.05, 0.1) is 12.2 Å². The van der Waals surface area contributed by atoms with E-state index in [1.165, 1.54) is 24.5 Å². The third-order valence-corrected chi connectivity index (χ3v) is 3.42. The fourth-order valence-electron chi connectivity index (χ4n) is 2.21. The predicted octanol–water partition coefficient (Wildman–Crippen LogP) is 4.01. The molecule has 6 nitrogen and oxygen atoms in total. The summed E-state index contributed by atoms with van der Waals surface area (Å²) in [6.07, 6.45) is 2.80. The fraction of sp³-hybridized carbons (Fsp3) is 0.105. The fourth-order valence-corrected chi connectivity index (χ4v) is 2.21. The minimum absolute atomic E-state index is 0.271. The van der Waals surface area contributed by atoms with Gasteiger partial charge >= 0.3 is 0 Å². The summed E-state index contributed by atoms with van der Waals surface area (Å²) in [6, 6.07) is 13.0. The van der Waals surface area contributed by atoms with Gasteiger partial charge in [0, 0.05) is 23.8 Å². The van der Waals surface area contributed by atoms with Gasteiger partial charge in [-0.2, -0.15) is 0 Å². The van der Waals surface area contributed by atoms with Crippen LogP contribution in [0, 0.1) is 5.82 Å². The molecule has 132 valence electrons. The standard InChI is InChI=1S/C19H17FN4O2/c1-2-26-17-8-6-15(7-9-17)23-18(25)13-11-21-19(22-12-13)24-16-5-3-4-14(20)10-16/h3-12H,2H2,1H3,(H,23,25)(H,21,22,24). The van der Waals surface area contributed by atoms with Crippen LogP contribution < -0.4 is 15.4 Å². The summed E-state index contributed by atoms with van der Waals surface area (Å²) < 4.78 is 18.5. The van der Waals surface area contributed by atoms with E-state index >= 15 is 0 Å². The van der Waals surface area contributed by atoms with Crippen LogP contribution in [0.25, 0.3) is 0 Å². The minimum Gasteiger partial charge on any atom is -0.494 e. The minimum atomic E-state index is -0.360. The number of benzene rings is 2. The molecule has 0 saturated heterocycles. The number of halogens is 1. The van der Waals surface area contributed by atoms with Gasteiger partial charge < -0.3 is 15.4 Å². The van der Waals surface area contributed by atoms with Crippen molar-refractivity contribution in [2.45, 2.75) is 6.92 Å². The van der Waals surface area contributed by atoms with Gasteiger partial charge in [0.1, 0.15) is 11.6 Å². The topological polar surface area (TPSA) is 76.1 Å². The number of anilines is 3. The molecule has 2 aromatic carbocycles. The summed E-state index contributed by atoms with van der Waals surface area (Å²) in [7, 11) is 0. The van der Waals surface area contributed by atoms with Gasteiger partial charge in [-0.3, -0.25) is 4.79 Å². The van der Waals surface area contributed by atoms with E-state index in [0.717, 1.165) is 5.75 Å². The van der Waals surface area contributed by atoms with Gasteiger partial charge in [-0.05, 0) is 49.4 Å². The van der Waals surface area contributed by atoms with Crippen LogP contribution in [-0.4, -0.2) is 22.5 Å². The lowest BCUT2D eigenvalue weighted by Gasteiger charge is -2.08. The number of amides is 1. The average molecular weight is 352 g/mol. The Kier molecular flexibility index (Phi) is 5.38. The maximum Gasteiger partial charge on any atom is 0.258 e. The molecule has 1 amide bonds. The van der Waals surface area contributed by atoms with Crippen molar-refractivity contribution in [2.24, 2.45) is 0 Å². The quantitative estimate of drug-likeness (QED) is 0.701. The SMILES string of the molecule is CCOc1ccc(NC(=O)c2cnc(Nc3cccc(F)c3)nc2)cc1. The first kappa shape index (κ1) is 17.3. The van der Waals surface area contributed by atoms with Crippen LogP contribution in [0.2, 0.25) is 0 Å². The zero-order valence-corrected chi connectivity index (χ0v) is 14.1. The third kappa shape index (κ3) is 4.54. The lowest BCUT2D eigenvalue weighted by Crippen LogP contribution is -2.13. The molecule has 0 saturated carbocycles. The van der Waals surface area contributed by atoms with Gasteiger partial charge in [-0.25, -0.2) is 14.4 Å². The largest absolute Gasteiger partial charge is 0.494 e. The van der Waals surface area contributed by atoms with E-state index in [0.29, 0.717) is 23.5 Å². The number of rotatable bonds is 6. The van der Waals surface area contributed by atoms with Gasteiger partial charge in [0.15, 0.2) is 0 Å². The maximum absolute atomic E-state index is 13.2. The molecule has 0 fully saturated rings. The summed E-state index contributed by atoms with van der Waals surface area (Å²) in [5, 5.41) is 5.63. The Bertz CT molecular complexity index is 883.